The summed E-state index contributed by atoms with van der Waals surface area (Å²) in [6.45, 7) is 1.67. The molecule has 1 fully saturated rings. The van der Waals surface area contributed by atoms with Crippen molar-refractivity contribution in [3.63, 3.8) is 0 Å². The van der Waals surface area contributed by atoms with Crippen LogP contribution in [0.15, 0.2) is 30.3 Å². The fraction of sp³-hybridized carbons (Fsp3) is 0.333. The maximum atomic E-state index is 5.51. The van der Waals surface area contributed by atoms with Crippen LogP contribution in [0.1, 0.15) is 6.42 Å². The van der Waals surface area contributed by atoms with E-state index in [4.69, 9.17) is 9.05 Å². The van der Waals surface area contributed by atoms with Crippen LogP contribution in [0.5, 0.6) is 0 Å². The zero-order chi connectivity index (χ0) is 8.23. The van der Waals surface area contributed by atoms with E-state index < -0.39 is 8.38 Å². The molecule has 0 bridgehead atoms. The molecule has 12 heavy (non-hydrogen) atoms. The van der Waals surface area contributed by atoms with E-state index in [0.29, 0.717) is 0 Å². The molecule has 1 saturated heterocycles. The van der Waals surface area contributed by atoms with Crippen LogP contribution in [0.4, 0.5) is 0 Å². The van der Waals surface area contributed by atoms with Gasteiger partial charge in [0.25, 0.3) is 0 Å². The molecule has 0 aromatic heterocycles. The molecule has 1 aliphatic rings. The molecule has 2 rings (SSSR count). The highest BCUT2D eigenvalue weighted by molar-refractivity contribution is 7.56. The van der Waals surface area contributed by atoms with Crippen LogP contribution in [0.2, 0.25) is 0 Å². The molecule has 1 heterocycles. The van der Waals surface area contributed by atoms with Crippen LogP contribution in [0, 0.1) is 0 Å². The summed E-state index contributed by atoms with van der Waals surface area (Å²) < 4.78 is 11.0. The van der Waals surface area contributed by atoms with Gasteiger partial charge in [0, 0.05) is 5.30 Å². The summed E-state index contributed by atoms with van der Waals surface area (Å²) in [6.07, 6.45) is 1.02. The molecule has 0 atom stereocenters. The monoisotopic (exact) mass is 182 g/mol. The second-order valence-electron chi connectivity index (χ2n) is 2.61. The first kappa shape index (κ1) is 8.18. The standard InChI is InChI=1S/C9H11O2P/c1-2-5-9(6-3-1)12-10-7-4-8-11-12/h1-3,5-6H,4,7-8H2. The molecule has 1 aliphatic heterocycles. The molecule has 0 radical (unpaired) electrons. The topological polar surface area (TPSA) is 18.5 Å². The Kier molecular flexibility index (Phi) is 2.72. The van der Waals surface area contributed by atoms with E-state index in [9.17, 15) is 0 Å². The van der Waals surface area contributed by atoms with Crippen LogP contribution in [0.25, 0.3) is 0 Å². The zero-order valence-electron chi connectivity index (χ0n) is 6.77. The van der Waals surface area contributed by atoms with E-state index in [2.05, 4.69) is 12.1 Å². The molecule has 1 aromatic rings. The van der Waals surface area contributed by atoms with Crippen molar-refractivity contribution in [1.82, 2.24) is 0 Å². The number of hydrogen-bond donors (Lipinski definition) is 0. The lowest BCUT2D eigenvalue weighted by Crippen LogP contribution is -2.12. The molecule has 1 aromatic carbocycles. The highest BCUT2D eigenvalue weighted by Gasteiger charge is 2.16. The van der Waals surface area contributed by atoms with Gasteiger partial charge in [0.05, 0.1) is 13.2 Å². The lowest BCUT2D eigenvalue weighted by Gasteiger charge is -2.21. The minimum Gasteiger partial charge on any atom is -0.331 e. The number of benzene rings is 1. The Morgan fingerprint density at radius 2 is 1.67 bits per heavy atom. The quantitative estimate of drug-likeness (QED) is 0.619. The van der Waals surface area contributed by atoms with Gasteiger partial charge in [-0.3, -0.25) is 0 Å². The average molecular weight is 182 g/mol. The fourth-order valence-electron chi connectivity index (χ4n) is 1.09. The van der Waals surface area contributed by atoms with Crippen molar-refractivity contribution in [2.24, 2.45) is 0 Å². The molecule has 64 valence electrons. The highest BCUT2D eigenvalue weighted by Crippen LogP contribution is 2.39. The molecule has 0 aliphatic carbocycles. The third kappa shape index (κ3) is 1.84. The SMILES string of the molecule is c1ccc(P2OCCCO2)cc1. The molecule has 0 saturated carbocycles. The summed E-state index contributed by atoms with van der Waals surface area (Å²) in [5, 5.41) is 1.17. The van der Waals surface area contributed by atoms with Crippen molar-refractivity contribution in [3.05, 3.63) is 30.3 Å². The Hall–Kier alpha value is -0.430. The minimum absolute atomic E-state index is 0.767. The lowest BCUT2D eigenvalue weighted by atomic mass is 10.4. The number of hydrogen-bond acceptors (Lipinski definition) is 2. The molecule has 0 amide bonds. The maximum absolute atomic E-state index is 5.51. The summed E-state index contributed by atoms with van der Waals surface area (Å²) in [5.41, 5.74) is 0. The largest absolute Gasteiger partial charge is 0.331 e. The van der Waals surface area contributed by atoms with Gasteiger partial charge in [0.1, 0.15) is 0 Å². The van der Waals surface area contributed by atoms with Crippen molar-refractivity contribution in [2.75, 3.05) is 13.2 Å². The second-order valence-corrected chi connectivity index (χ2v) is 4.16. The van der Waals surface area contributed by atoms with Crippen LogP contribution in [-0.4, -0.2) is 13.2 Å². The van der Waals surface area contributed by atoms with E-state index in [1.54, 1.807) is 0 Å². The van der Waals surface area contributed by atoms with Gasteiger partial charge < -0.3 is 9.05 Å². The maximum Gasteiger partial charge on any atom is 0.205 e. The summed E-state index contributed by atoms with van der Waals surface area (Å²) >= 11 is 0. The Balaban J connectivity index is 2.08. The van der Waals surface area contributed by atoms with E-state index in [1.807, 2.05) is 18.2 Å². The third-order valence-corrected chi connectivity index (χ3v) is 3.23. The van der Waals surface area contributed by atoms with Gasteiger partial charge in [-0.1, -0.05) is 18.2 Å². The first-order valence-corrected chi connectivity index (χ1v) is 5.25. The fourth-order valence-corrected chi connectivity index (χ4v) is 2.47. The summed E-state index contributed by atoms with van der Waals surface area (Å²) in [6, 6.07) is 10.1. The van der Waals surface area contributed by atoms with Crippen LogP contribution < -0.4 is 5.30 Å². The first-order valence-electron chi connectivity index (χ1n) is 4.08. The molecule has 0 N–H and O–H groups in total. The summed E-state index contributed by atoms with van der Waals surface area (Å²) in [4.78, 5) is 0. The van der Waals surface area contributed by atoms with Crippen molar-refractivity contribution in [3.8, 4) is 0 Å². The van der Waals surface area contributed by atoms with Crippen LogP contribution >= 0.6 is 8.38 Å². The Morgan fingerprint density at radius 1 is 1.00 bits per heavy atom. The first-order chi connectivity index (χ1) is 5.97. The minimum atomic E-state index is -0.767. The van der Waals surface area contributed by atoms with E-state index in [-0.39, 0.29) is 0 Å². The molecule has 2 nitrogen and oxygen atoms in total. The van der Waals surface area contributed by atoms with Crippen molar-refractivity contribution in [1.29, 1.82) is 0 Å². The van der Waals surface area contributed by atoms with E-state index in [1.165, 1.54) is 5.30 Å². The summed E-state index contributed by atoms with van der Waals surface area (Å²) in [7, 11) is -0.767. The Bertz CT molecular complexity index is 232. The molecule has 0 unspecified atom stereocenters. The Labute approximate surface area is 73.4 Å². The van der Waals surface area contributed by atoms with E-state index in [0.717, 1.165) is 19.6 Å². The average Bonchev–Trinajstić information content (AvgIpc) is 2.21. The second kappa shape index (κ2) is 3.99. The molecular formula is C9H11O2P. The van der Waals surface area contributed by atoms with Crippen molar-refractivity contribution in [2.45, 2.75) is 6.42 Å². The van der Waals surface area contributed by atoms with Gasteiger partial charge in [-0.15, -0.1) is 0 Å². The molecular weight excluding hydrogens is 171 g/mol. The van der Waals surface area contributed by atoms with Crippen LogP contribution in [-0.2, 0) is 9.05 Å². The van der Waals surface area contributed by atoms with Gasteiger partial charge in [0.15, 0.2) is 0 Å². The lowest BCUT2D eigenvalue weighted by molar-refractivity contribution is 0.188. The normalized spacial score (nSPS) is 19.3. The van der Waals surface area contributed by atoms with Gasteiger partial charge in [0.2, 0.25) is 8.38 Å². The van der Waals surface area contributed by atoms with Gasteiger partial charge in [-0.2, -0.15) is 0 Å². The Morgan fingerprint density at radius 3 is 2.33 bits per heavy atom. The van der Waals surface area contributed by atoms with E-state index >= 15 is 0 Å². The predicted molar refractivity (Wildman–Crippen MR) is 49.5 cm³/mol. The zero-order valence-corrected chi connectivity index (χ0v) is 7.67. The molecule has 0 spiro atoms. The molecule has 3 heteroatoms. The van der Waals surface area contributed by atoms with Gasteiger partial charge in [-0.05, 0) is 18.6 Å². The summed E-state index contributed by atoms with van der Waals surface area (Å²) in [5.74, 6) is 0. The van der Waals surface area contributed by atoms with Gasteiger partial charge in [-0.25, -0.2) is 0 Å². The number of rotatable bonds is 1. The van der Waals surface area contributed by atoms with Crippen molar-refractivity contribution < 1.29 is 9.05 Å². The third-order valence-electron chi connectivity index (χ3n) is 1.67. The van der Waals surface area contributed by atoms with Crippen molar-refractivity contribution >= 4 is 13.7 Å². The predicted octanol–water partition coefficient (Wildman–Crippen LogP) is 2.06. The van der Waals surface area contributed by atoms with Crippen LogP contribution in [0.3, 0.4) is 0 Å². The smallest absolute Gasteiger partial charge is 0.205 e. The van der Waals surface area contributed by atoms with Gasteiger partial charge >= 0.3 is 0 Å². The highest BCUT2D eigenvalue weighted by atomic mass is 31.2.